The number of rotatable bonds is 5. The third kappa shape index (κ3) is 5.02. The molecule has 0 spiro atoms. The van der Waals surface area contributed by atoms with Crippen LogP contribution < -0.4 is 0 Å². The highest BCUT2D eigenvalue weighted by Crippen LogP contribution is 2.24. The van der Waals surface area contributed by atoms with Crippen LogP contribution in [0.3, 0.4) is 0 Å². The second kappa shape index (κ2) is 6.91. The molecule has 0 aromatic rings. The first-order valence-corrected chi connectivity index (χ1v) is 7.35. The van der Waals surface area contributed by atoms with Gasteiger partial charge in [0.25, 0.3) is 0 Å². The number of cyclic esters (lactones) is 1. The van der Waals surface area contributed by atoms with Gasteiger partial charge in [0.2, 0.25) is 5.91 Å². The number of imide groups is 1. The second-order valence-corrected chi connectivity index (χ2v) is 6.39. The fourth-order valence-electron chi connectivity index (χ4n) is 2.10. The number of carbonyl (C=O) groups excluding carboxylic acids is 3. The van der Waals surface area contributed by atoms with Crippen LogP contribution in [0.4, 0.5) is 4.79 Å². The Kier molecular flexibility index (Phi) is 5.75. The van der Waals surface area contributed by atoms with Gasteiger partial charge in [0.1, 0.15) is 12.2 Å². The van der Waals surface area contributed by atoms with Gasteiger partial charge in [-0.15, -0.1) is 0 Å². The summed E-state index contributed by atoms with van der Waals surface area (Å²) in [5.41, 5.74) is -0.599. The summed E-state index contributed by atoms with van der Waals surface area (Å²) in [6.07, 6.45) is 0.0905. The van der Waals surface area contributed by atoms with E-state index in [0.29, 0.717) is 0 Å². The molecule has 0 saturated carbocycles. The Morgan fingerprint density at radius 2 is 2.00 bits per heavy atom. The third-order valence-corrected chi connectivity index (χ3v) is 3.50. The molecule has 1 saturated heterocycles. The minimum Gasteiger partial charge on any atom is -0.460 e. The Balaban J connectivity index is 2.76. The summed E-state index contributed by atoms with van der Waals surface area (Å²) in [6.45, 7) is 9.69. The van der Waals surface area contributed by atoms with Crippen LogP contribution in [-0.2, 0) is 19.1 Å². The molecule has 6 heteroatoms. The molecule has 0 aromatic carbocycles. The predicted octanol–water partition coefficient (Wildman–Crippen LogP) is 2.36. The van der Waals surface area contributed by atoms with Gasteiger partial charge in [0.05, 0.1) is 12.5 Å². The molecule has 0 unspecified atom stereocenters. The van der Waals surface area contributed by atoms with E-state index in [4.69, 9.17) is 9.47 Å². The largest absolute Gasteiger partial charge is 0.460 e. The molecule has 0 N–H and O–H groups in total. The fourth-order valence-corrected chi connectivity index (χ4v) is 2.10. The van der Waals surface area contributed by atoms with Crippen LogP contribution in [0.1, 0.15) is 47.5 Å². The Hall–Kier alpha value is -1.59. The smallest absolute Gasteiger partial charge is 0.416 e. The molecule has 0 bridgehead atoms. The van der Waals surface area contributed by atoms with Gasteiger partial charge in [-0.05, 0) is 26.7 Å². The third-order valence-electron chi connectivity index (χ3n) is 3.50. The van der Waals surface area contributed by atoms with Gasteiger partial charge in [-0.2, -0.15) is 0 Å². The molecule has 2 amide bonds. The number of hydrogen-bond donors (Lipinski definition) is 0. The van der Waals surface area contributed by atoms with E-state index in [1.54, 1.807) is 20.8 Å². The monoisotopic (exact) mass is 299 g/mol. The lowest BCUT2D eigenvalue weighted by Gasteiger charge is -2.27. The second-order valence-electron chi connectivity index (χ2n) is 6.39. The van der Waals surface area contributed by atoms with Crippen molar-refractivity contribution in [1.82, 2.24) is 4.90 Å². The van der Waals surface area contributed by atoms with Gasteiger partial charge in [0.15, 0.2) is 0 Å². The van der Waals surface area contributed by atoms with E-state index in [-0.39, 0.29) is 31.4 Å². The van der Waals surface area contributed by atoms with Crippen LogP contribution in [0.25, 0.3) is 0 Å². The van der Waals surface area contributed by atoms with E-state index in [2.05, 4.69) is 0 Å². The summed E-state index contributed by atoms with van der Waals surface area (Å²) < 4.78 is 10.1. The van der Waals surface area contributed by atoms with Crippen molar-refractivity contribution in [3.63, 3.8) is 0 Å². The minimum atomic E-state index is -0.632. The summed E-state index contributed by atoms with van der Waals surface area (Å²) in [5.74, 6) is -1.32. The summed E-state index contributed by atoms with van der Waals surface area (Å²) >= 11 is 0. The highest BCUT2D eigenvalue weighted by molar-refractivity contribution is 5.94. The van der Waals surface area contributed by atoms with E-state index < -0.39 is 23.6 Å². The van der Waals surface area contributed by atoms with Gasteiger partial charge in [0, 0.05) is 6.42 Å². The highest BCUT2D eigenvalue weighted by Gasteiger charge is 2.35. The summed E-state index contributed by atoms with van der Waals surface area (Å²) in [5, 5.41) is 0. The standard InChI is InChI=1S/C15H25NO5/c1-6-10(2)11(13(18)21-15(3,4)5)9-12(17)16-7-8-20-14(16)19/h10-11H,6-9H2,1-5H3/t10-,11-/m0/s1. The van der Waals surface area contributed by atoms with Gasteiger partial charge in [-0.1, -0.05) is 20.3 Å². The normalized spacial score (nSPS) is 18.1. The number of nitrogens with zero attached hydrogens (tertiary/aromatic N) is 1. The van der Waals surface area contributed by atoms with Crippen LogP contribution in [-0.4, -0.2) is 41.6 Å². The van der Waals surface area contributed by atoms with Gasteiger partial charge < -0.3 is 9.47 Å². The van der Waals surface area contributed by atoms with Crippen molar-refractivity contribution in [1.29, 1.82) is 0 Å². The SMILES string of the molecule is CC[C@H](C)[C@H](CC(=O)N1CCOC1=O)C(=O)OC(C)(C)C. The van der Waals surface area contributed by atoms with E-state index in [1.807, 2.05) is 13.8 Å². The van der Waals surface area contributed by atoms with Crippen LogP contribution in [0.5, 0.6) is 0 Å². The molecule has 0 aliphatic carbocycles. The van der Waals surface area contributed by atoms with E-state index >= 15 is 0 Å². The molecule has 21 heavy (non-hydrogen) atoms. The maximum Gasteiger partial charge on any atom is 0.416 e. The molecule has 1 fully saturated rings. The van der Waals surface area contributed by atoms with Gasteiger partial charge >= 0.3 is 12.1 Å². The predicted molar refractivity (Wildman–Crippen MR) is 76.5 cm³/mol. The number of hydrogen-bond acceptors (Lipinski definition) is 5. The molecule has 1 heterocycles. The lowest BCUT2D eigenvalue weighted by atomic mass is 9.88. The van der Waals surface area contributed by atoms with Gasteiger partial charge in [-0.3, -0.25) is 9.59 Å². The van der Waals surface area contributed by atoms with E-state index in [9.17, 15) is 14.4 Å². The topological polar surface area (TPSA) is 72.9 Å². The fraction of sp³-hybridized carbons (Fsp3) is 0.800. The van der Waals surface area contributed by atoms with Crippen LogP contribution in [0.2, 0.25) is 0 Å². The Labute approximate surface area is 125 Å². The number of carbonyl (C=O) groups is 3. The first-order valence-electron chi connectivity index (χ1n) is 7.35. The minimum absolute atomic E-state index is 0.00224. The molecule has 6 nitrogen and oxygen atoms in total. The maximum atomic E-state index is 12.3. The number of ether oxygens (including phenoxy) is 2. The highest BCUT2D eigenvalue weighted by atomic mass is 16.6. The van der Waals surface area contributed by atoms with Crippen LogP contribution >= 0.6 is 0 Å². The Morgan fingerprint density at radius 3 is 2.43 bits per heavy atom. The average Bonchev–Trinajstić information content (AvgIpc) is 2.78. The van der Waals surface area contributed by atoms with Crippen molar-refractivity contribution in [3.8, 4) is 0 Å². The average molecular weight is 299 g/mol. The van der Waals surface area contributed by atoms with Crippen molar-refractivity contribution in [2.75, 3.05) is 13.2 Å². The van der Waals surface area contributed by atoms with E-state index in [1.165, 1.54) is 0 Å². The summed E-state index contributed by atoms with van der Waals surface area (Å²) in [7, 11) is 0. The summed E-state index contributed by atoms with van der Waals surface area (Å²) in [6, 6.07) is 0. The zero-order valence-electron chi connectivity index (χ0n) is 13.5. The lowest BCUT2D eigenvalue weighted by Crippen LogP contribution is -2.38. The lowest BCUT2D eigenvalue weighted by molar-refractivity contribution is -0.163. The van der Waals surface area contributed by atoms with Crippen molar-refractivity contribution < 1.29 is 23.9 Å². The first-order chi connectivity index (χ1) is 9.65. The molecule has 0 radical (unpaired) electrons. The number of amides is 2. The Bertz CT molecular complexity index is 413. The number of esters is 1. The van der Waals surface area contributed by atoms with Crippen molar-refractivity contribution in [3.05, 3.63) is 0 Å². The molecule has 0 aromatic heterocycles. The quantitative estimate of drug-likeness (QED) is 0.729. The molecule has 1 rings (SSSR count). The van der Waals surface area contributed by atoms with Crippen LogP contribution in [0.15, 0.2) is 0 Å². The summed E-state index contributed by atoms with van der Waals surface area (Å²) in [4.78, 5) is 36.9. The van der Waals surface area contributed by atoms with Crippen molar-refractivity contribution in [2.24, 2.45) is 11.8 Å². The maximum absolute atomic E-state index is 12.3. The molecule has 1 aliphatic rings. The molecule has 1 aliphatic heterocycles. The van der Waals surface area contributed by atoms with E-state index in [0.717, 1.165) is 11.3 Å². The zero-order valence-corrected chi connectivity index (χ0v) is 13.5. The molecular weight excluding hydrogens is 274 g/mol. The molecule has 120 valence electrons. The molecular formula is C15H25NO5. The first kappa shape index (κ1) is 17.5. The van der Waals surface area contributed by atoms with Crippen LogP contribution in [0, 0.1) is 11.8 Å². The van der Waals surface area contributed by atoms with Gasteiger partial charge in [-0.25, -0.2) is 9.69 Å². The Morgan fingerprint density at radius 1 is 1.38 bits per heavy atom. The van der Waals surface area contributed by atoms with Crippen molar-refractivity contribution >= 4 is 18.0 Å². The van der Waals surface area contributed by atoms with Crippen molar-refractivity contribution in [2.45, 2.75) is 53.1 Å². The zero-order chi connectivity index (χ0) is 16.2. The molecule has 2 atom stereocenters.